The van der Waals surface area contributed by atoms with Crippen LogP contribution in [-0.2, 0) is 4.79 Å². The standard InChI is InChI=1S/C16H21NO/c1-5-13(10-15(11(2)3)16(17)18)14-9-7-6-8-12(14)4/h5-9,15H,2,10H2,1,3-4H3,(H2,17,18). The van der Waals surface area contributed by atoms with Gasteiger partial charge in [-0.05, 0) is 43.9 Å². The van der Waals surface area contributed by atoms with Crippen LogP contribution in [0.1, 0.15) is 31.4 Å². The van der Waals surface area contributed by atoms with Crippen molar-refractivity contribution >= 4 is 11.5 Å². The van der Waals surface area contributed by atoms with E-state index in [4.69, 9.17) is 5.73 Å². The molecule has 0 radical (unpaired) electrons. The molecule has 1 aromatic carbocycles. The van der Waals surface area contributed by atoms with E-state index < -0.39 is 0 Å². The van der Waals surface area contributed by atoms with Crippen LogP contribution in [0.3, 0.4) is 0 Å². The predicted octanol–water partition coefficient (Wildman–Crippen LogP) is 3.47. The molecule has 2 nitrogen and oxygen atoms in total. The Morgan fingerprint density at radius 2 is 2.06 bits per heavy atom. The lowest BCUT2D eigenvalue weighted by Gasteiger charge is -2.17. The number of benzene rings is 1. The molecular formula is C16H21NO. The maximum absolute atomic E-state index is 11.4. The number of carbonyl (C=O) groups is 1. The van der Waals surface area contributed by atoms with Gasteiger partial charge in [-0.25, -0.2) is 0 Å². The molecule has 2 heteroatoms. The Balaban J connectivity index is 3.03. The second-order valence-corrected chi connectivity index (χ2v) is 4.63. The molecule has 1 rings (SSSR count). The zero-order valence-corrected chi connectivity index (χ0v) is 11.4. The summed E-state index contributed by atoms with van der Waals surface area (Å²) in [5.41, 5.74) is 9.76. The first kappa shape index (κ1) is 14.2. The van der Waals surface area contributed by atoms with Gasteiger partial charge in [0.25, 0.3) is 0 Å². The first-order chi connectivity index (χ1) is 8.47. The van der Waals surface area contributed by atoms with E-state index in [1.54, 1.807) is 0 Å². The van der Waals surface area contributed by atoms with Gasteiger partial charge >= 0.3 is 0 Å². The fraction of sp³-hybridized carbons (Fsp3) is 0.312. The van der Waals surface area contributed by atoms with Gasteiger partial charge < -0.3 is 5.73 Å². The number of primary amides is 1. The van der Waals surface area contributed by atoms with Crippen LogP contribution in [0.5, 0.6) is 0 Å². The highest BCUT2D eigenvalue weighted by Gasteiger charge is 2.18. The van der Waals surface area contributed by atoms with Gasteiger partial charge in [0.1, 0.15) is 0 Å². The van der Waals surface area contributed by atoms with Crippen LogP contribution in [0, 0.1) is 12.8 Å². The smallest absolute Gasteiger partial charge is 0.224 e. The van der Waals surface area contributed by atoms with Crippen LogP contribution >= 0.6 is 0 Å². The minimum atomic E-state index is -0.310. The number of rotatable bonds is 5. The topological polar surface area (TPSA) is 43.1 Å². The molecule has 0 saturated heterocycles. The van der Waals surface area contributed by atoms with Crippen molar-refractivity contribution in [3.63, 3.8) is 0 Å². The molecule has 0 spiro atoms. The van der Waals surface area contributed by atoms with Crippen LogP contribution in [0.15, 0.2) is 42.5 Å². The van der Waals surface area contributed by atoms with Gasteiger partial charge in [-0.1, -0.05) is 42.5 Å². The Morgan fingerprint density at radius 1 is 1.44 bits per heavy atom. The fourth-order valence-corrected chi connectivity index (χ4v) is 2.05. The highest BCUT2D eigenvalue weighted by molar-refractivity contribution is 5.82. The summed E-state index contributed by atoms with van der Waals surface area (Å²) >= 11 is 0. The number of amides is 1. The molecule has 2 N–H and O–H groups in total. The first-order valence-corrected chi connectivity index (χ1v) is 6.13. The quantitative estimate of drug-likeness (QED) is 0.791. The first-order valence-electron chi connectivity index (χ1n) is 6.13. The molecule has 0 fully saturated rings. The molecular weight excluding hydrogens is 222 g/mol. The van der Waals surface area contributed by atoms with E-state index in [0.29, 0.717) is 6.42 Å². The zero-order chi connectivity index (χ0) is 13.7. The second-order valence-electron chi connectivity index (χ2n) is 4.63. The Morgan fingerprint density at radius 3 is 2.50 bits per heavy atom. The number of hydrogen-bond donors (Lipinski definition) is 1. The third kappa shape index (κ3) is 3.33. The molecule has 0 aliphatic heterocycles. The lowest BCUT2D eigenvalue weighted by molar-refractivity contribution is -0.120. The van der Waals surface area contributed by atoms with Crippen LogP contribution < -0.4 is 5.73 Å². The van der Waals surface area contributed by atoms with E-state index in [2.05, 4.69) is 25.6 Å². The molecule has 0 aliphatic carbocycles. The summed E-state index contributed by atoms with van der Waals surface area (Å²) < 4.78 is 0. The maximum atomic E-state index is 11.4. The average molecular weight is 243 g/mol. The lowest BCUT2D eigenvalue weighted by atomic mass is 9.88. The molecule has 0 bridgehead atoms. The Hall–Kier alpha value is -1.83. The van der Waals surface area contributed by atoms with Gasteiger partial charge in [-0.3, -0.25) is 4.79 Å². The van der Waals surface area contributed by atoms with Crippen LogP contribution in [0.4, 0.5) is 0 Å². The molecule has 0 aliphatic rings. The molecule has 0 saturated carbocycles. The van der Waals surface area contributed by atoms with Gasteiger partial charge in [0, 0.05) is 0 Å². The average Bonchev–Trinajstić information content (AvgIpc) is 2.31. The van der Waals surface area contributed by atoms with Crippen molar-refractivity contribution in [3.8, 4) is 0 Å². The van der Waals surface area contributed by atoms with Crippen molar-refractivity contribution in [2.24, 2.45) is 11.7 Å². The Kier molecular flexibility index (Phi) is 4.90. The molecule has 1 aromatic rings. The highest BCUT2D eigenvalue weighted by atomic mass is 16.1. The minimum absolute atomic E-state index is 0.296. The summed E-state index contributed by atoms with van der Waals surface area (Å²) in [6.07, 6.45) is 2.66. The molecule has 1 amide bonds. The van der Waals surface area contributed by atoms with E-state index in [1.165, 1.54) is 11.1 Å². The minimum Gasteiger partial charge on any atom is -0.369 e. The van der Waals surface area contributed by atoms with Gasteiger partial charge in [0.2, 0.25) is 5.91 Å². The summed E-state index contributed by atoms with van der Waals surface area (Å²) in [6.45, 7) is 9.75. The van der Waals surface area contributed by atoms with E-state index in [9.17, 15) is 4.79 Å². The second kappa shape index (κ2) is 6.20. The maximum Gasteiger partial charge on any atom is 0.224 e. The summed E-state index contributed by atoms with van der Waals surface area (Å²) in [6, 6.07) is 8.16. The molecule has 96 valence electrons. The Bertz CT molecular complexity index is 472. The Labute approximate surface area is 109 Å². The SMILES string of the molecule is C=C(C)C(CC(=CC)c1ccccc1C)C(N)=O. The number of allylic oxidation sites excluding steroid dienone is 2. The van der Waals surface area contributed by atoms with Crippen LogP contribution in [0.25, 0.3) is 5.57 Å². The van der Waals surface area contributed by atoms with E-state index in [0.717, 1.165) is 11.1 Å². The largest absolute Gasteiger partial charge is 0.369 e. The summed E-state index contributed by atoms with van der Waals surface area (Å²) in [4.78, 5) is 11.4. The summed E-state index contributed by atoms with van der Waals surface area (Å²) in [7, 11) is 0. The van der Waals surface area contributed by atoms with Gasteiger partial charge in [-0.2, -0.15) is 0 Å². The highest BCUT2D eigenvalue weighted by Crippen LogP contribution is 2.27. The normalized spacial score (nSPS) is 13.2. The molecule has 1 unspecified atom stereocenters. The van der Waals surface area contributed by atoms with Crippen molar-refractivity contribution < 1.29 is 4.79 Å². The third-order valence-electron chi connectivity index (χ3n) is 3.20. The van der Waals surface area contributed by atoms with Crippen molar-refractivity contribution in [2.75, 3.05) is 0 Å². The number of nitrogens with two attached hydrogens (primary N) is 1. The summed E-state index contributed by atoms with van der Waals surface area (Å²) in [5.74, 6) is -0.605. The van der Waals surface area contributed by atoms with Crippen LogP contribution in [-0.4, -0.2) is 5.91 Å². The molecule has 1 atom stereocenters. The molecule has 0 heterocycles. The monoisotopic (exact) mass is 243 g/mol. The number of aryl methyl sites for hydroxylation is 1. The third-order valence-corrected chi connectivity index (χ3v) is 3.20. The van der Waals surface area contributed by atoms with Crippen molar-refractivity contribution in [3.05, 3.63) is 53.6 Å². The van der Waals surface area contributed by atoms with Crippen molar-refractivity contribution in [1.29, 1.82) is 0 Å². The van der Waals surface area contributed by atoms with E-state index in [-0.39, 0.29) is 11.8 Å². The predicted molar refractivity (Wildman–Crippen MR) is 76.9 cm³/mol. The molecule has 18 heavy (non-hydrogen) atoms. The van der Waals surface area contributed by atoms with Gasteiger partial charge in [0.15, 0.2) is 0 Å². The van der Waals surface area contributed by atoms with Crippen molar-refractivity contribution in [2.45, 2.75) is 27.2 Å². The van der Waals surface area contributed by atoms with Crippen LogP contribution in [0.2, 0.25) is 0 Å². The number of hydrogen-bond acceptors (Lipinski definition) is 1. The van der Waals surface area contributed by atoms with E-state index in [1.807, 2.05) is 32.1 Å². The summed E-state index contributed by atoms with van der Waals surface area (Å²) in [5, 5.41) is 0. The lowest BCUT2D eigenvalue weighted by Crippen LogP contribution is -2.24. The fourth-order valence-electron chi connectivity index (χ4n) is 2.05. The van der Waals surface area contributed by atoms with Crippen molar-refractivity contribution in [1.82, 2.24) is 0 Å². The molecule has 0 aromatic heterocycles. The van der Waals surface area contributed by atoms with E-state index >= 15 is 0 Å². The number of carbonyl (C=O) groups excluding carboxylic acids is 1. The zero-order valence-electron chi connectivity index (χ0n) is 11.4. The van der Waals surface area contributed by atoms with Gasteiger partial charge in [-0.15, -0.1) is 0 Å². The van der Waals surface area contributed by atoms with Gasteiger partial charge in [0.05, 0.1) is 5.92 Å².